The Morgan fingerprint density at radius 1 is 1.35 bits per heavy atom. The molecule has 20 heavy (non-hydrogen) atoms. The molecule has 1 saturated heterocycles. The molecular weight excluding hydrogens is 280 g/mol. The lowest BCUT2D eigenvalue weighted by molar-refractivity contribution is 0.0696. The molecule has 0 aromatic heterocycles. The number of sulfonamides is 1. The normalized spacial score (nSPS) is 17.1. The van der Waals surface area contributed by atoms with Crippen molar-refractivity contribution in [1.82, 2.24) is 10.0 Å². The van der Waals surface area contributed by atoms with Gasteiger partial charge in [0.2, 0.25) is 10.0 Å². The lowest BCUT2D eigenvalue weighted by Gasteiger charge is -2.23. The number of carboxylic acids is 1. The van der Waals surface area contributed by atoms with Crippen LogP contribution in [0.4, 0.5) is 0 Å². The predicted molar refractivity (Wildman–Crippen MR) is 74.4 cm³/mol. The standard InChI is InChI=1S/C13H18N2O4S/c1-9-2-3-11(8-12(9)13(16)17)20(18,19)15-10-4-6-14-7-5-10/h2-3,8,10,14-15H,4-7H2,1H3,(H,16,17). The molecule has 0 unspecified atom stereocenters. The van der Waals surface area contributed by atoms with E-state index in [2.05, 4.69) is 10.0 Å². The monoisotopic (exact) mass is 298 g/mol. The van der Waals surface area contributed by atoms with Gasteiger partial charge in [0.1, 0.15) is 0 Å². The van der Waals surface area contributed by atoms with Crippen molar-refractivity contribution in [2.45, 2.75) is 30.7 Å². The van der Waals surface area contributed by atoms with Gasteiger partial charge in [-0.05, 0) is 50.6 Å². The molecule has 0 radical (unpaired) electrons. The van der Waals surface area contributed by atoms with Crippen molar-refractivity contribution in [3.05, 3.63) is 29.3 Å². The van der Waals surface area contributed by atoms with Gasteiger partial charge < -0.3 is 10.4 Å². The van der Waals surface area contributed by atoms with E-state index >= 15 is 0 Å². The number of aryl methyl sites for hydroxylation is 1. The van der Waals surface area contributed by atoms with E-state index in [-0.39, 0.29) is 16.5 Å². The number of hydrogen-bond donors (Lipinski definition) is 3. The zero-order valence-electron chi connectivity index (χ0n) is 11.2. The molecule has 1 aliphatic rings. The van der Waals surface area contributed by atoms with Crippen molar-refractivity contribution in [1.29, 1.82) is 0 Å². The first-order valence-electron chi connectivity index (χ1n) is 6.47. The SMILES string of the molecule is Cc1ccc(S(=O)(=O)NC2CCNCC2)cc1C(=O)O. The molecule has 2 rings (SSSR count). The Morgan fingerprint density at radius 2 is 2.00 bits per heavy atom. The van der Waals surface area contributed by atoms with Crippen LogP contribution in [0.3, 0.4) is 0 Å². The van der Waals surface area contributed by atoms with Gasteiger partial charge in [-0.2, -0.15) is 0 Å². The molecule has 1 aromatic carbocycles. The van der Waals surface area contributed by atoms with Gasteiger partial charge >= 0.3 is 5.97 Å². The second kappa shape index (κ2) is 5.90. The number of nitrogens with one attached hydrogen (secondary N) is 2. The first-order valence-corrected chi connectivity index (χ1v) is 7.95. The molecule has 1 aromatic rings. The topological polar surface area (TPSA) is 95.5 Å². The van der Waals surface area contributed by atoms with Crippen LogP contribution in [0.1, 0.15) is 28.8 Å². The summed E-state index contributed by atoms with van der Waals surface area (Å²) in [7, 11) is -3.67. The number of carboxylic acid groups (broad SMARTS) is 1. The van der Waals surface area contributed by atoms with Crippen molar-refractivity contribution in [3.8, 4) is 0 Å². The minimum absolute atomic E-state index is 0.000896. The Hall–Kier alpha value is -1.44. The third-order valence-corrected chi connectivity index (χ3v) is 4.93. The number of piperidine rings is 1. The van der Waals surface area contributed by atoms with E-state index in [4.69, 9.17) is 5.11 Å². The van der Waals surface area contributed by atoms with E-state index < -0.39 is 16.0 Å². The van der Waals surface area contributed by atoms with Gasteiger partial charge in [-0.3, -0.25) is 0 Å². The minimum atomic E-state index is -3.67. The van der Waals surface area contributed by atoms with E-state index in [1.807, 2.05) is 0 Å². The fourth-order valence-electron chi connectivity index (χ4n) is 2.23. The van der Waals surface area contributed by atoms with Gasteiger partial charge in [-0.25, -0.2) is 17.9 Å². The maximum atomic E-state index is 12.3. The van der Waals surface area contributed by atoms with E-state index in [1.54, 1.807) is 6.92 Å². The van der Waals surface area contributed by atoms with Crippen LogP contribution in [-0.2, 0) is 10.0 Å². The summed E-state index contributed by atoms with van der Waals surface area (Å²) >= 11 is 0. The van der Waals surface area contributed by atoms with Gasteiger partial charge in [-0.1, -0.05) is 6.07 Å². The first-order chi connectivity index (χ1) is 9.40. The molecule has 7 heteroatoms. The predicted octanol–water partition coefficient (Wildman–Crippen LogP) is 0.724. The van der Waals surface area contributed by atoms with Crippen LogP contribution in [0.2, 0.25) is 0 Å². The summed E-state index contributed by atoms with van der Waals surface area (Å²) in [5, 5.41) is 12.2. The van der Waals surface area contributed by atoms with Gasteiger partial charge in [-0.15, -0.1) is 0 Å². The van der Waals surface area contributed by atoms with Crippen LogP contribution in [0, 0.1) is 6.92 Å². The summed E-state index contributed by atoms with van der Waals surface area (Å²) in [4.78, 5) is 11.1. The number of hydrogen-bond acceptors (Lipinski definition) is 4. The smallest absolute Gasteiger partial charge is 0.335 e. The summed E-state index contributed by atoms with van der Waals surface area (Å²) in [5.41, 5.74) is 0.552. The number of aromatic carboxylic acids is 1. The highest BCUT2D eigenvalue weighted by Gasteiger charge is 2.23. The third kappa shape index (κ3) is 3.36. The second-order valence-corrected chi connectivity index (χ2v) is 6.64. The molecule has 3 N–H and O–H groups in total. The molecule has 0 saturated carbocycles. The van der Waals surface area contributed by atoms with E-state index in [0.717, 1.165) is 25.9 Å². The highest BCUT2D eigenvalue weighted by molar-refractivity contribution is 7.89. The molecule has 6 nitrogen and oxygen atoms in total. The quantitative estimate of drug-likeness (QED) is 0.761. The Morgan fingerprint density at radius 3 is 2.60 bits per heavy atom. The maximum absolute atomic E-state index is 12.3. The zero-order chi connectivity index (χ0) is 14.8. The van der Waals surface area contributed by atoms with Crippen LogP contribution in [-0.4, -0.2) is 38.6 Å². The van der Waals surface area contributed by atoms with E-state index in [1.165, 1.54) is 18.2 Å². The second-order valence-electron chi connectivity index (χ2n) is 4.93. The third-order valence-electron chi connectivity index (χ3n) is 3.41. The lowest BCUT2D eigenvalue weighted by Crippen LogP contribution is -2.42. The fraction of sp³-hybridized carbons (Fsp3) is 0.462. The van der Waals surface area contributed by atoms with Crippen LogP contribution >= 0.6 is 0 Å². The average molecular weight is 298 g/mol. The maximum Gasteiger partial charge on any atom is 0.335 e. The molecule has 1 fully saturated rings. The molecule has 1 heterocycles. The van der Waals surface area contributed by atoms with Crippen molar-refractivity contribution in [2.75, 3.05) is 13.1 Å². The lowest BCUT2D eigenvalue weighted by atomic mass is 10.1. The Balaban J connectivity index is 2.24. The van der Waals surface area contributed by atoms with Crippen LogP contribution in [0.25, 0.3) is 0 Å². The Labute approximate surface area is 118 Å². The van der Waals surface area contributed by atoms with Gasteiger partial charge in [0.25, 0.3) is 0 Å². The van der Waals surface area contributed by atoms with E-state index in [0.29, 0.717) is 5.56 Å². The highest BCUT2D eigenvalue weighted by atomic mass is 32.2. The largest absolute Gasteiger partial charge is 0.478 e. The summed E-state index contributed by atoms with van der Waals surface area (Å²) in [6, 6.07) is 4.06. The Bertz CT molecular complexity index is 607. The summed E-state index contributed by atoms with van der Waals surface area (Å²) < 4.78 is 27.2. The molecule has 0 amide bonds. The molecule has 0 spiro atoms. The fourth-order valence-corrected chi connectivity index (χ4v) is 3.56. The van der Waals surface area contributed by atoms with Crippen molar-refractivity contribution in [2.24, 2.45) is 0 Å². The van der Waals surface area contributed by atoms with Gasteiger partial charge in [0, 0.05) is 6.04 Å². The van der Waals surface area contributed by atoms with Crippen LogP contribution in [0.15, 0.2) is 23.1 Å². The van der Waals surface area contributed by atoms with Crippen LogP contribution in [0.5, 0.6) is 0 Å². The van der Waals surface area contributed by atoms with Gasteiger partial charge in [0.15, 0.2) is 0 Å². The zero-order valence-corrected chi connectivity index (χ0v) is 12.0. The molecule has 1 aliphatic heterocycles. The van der Waals surface area contributed by atoms with Gasteiger partial charge in [0.05, 0.1) is 10.5 Å². The summed E-state index contributed by atoms with van der Waals surface area (Å²) in [6.07, 6.45) is 1.47. The Kier molecular flexibility index (Phi) is 4.42. The van der Waals surface area contributed by atoms with Crippen LogP contribution < -0.4 is 10.0 Å². The number of benzene rings is 1. The molecular formula is C13H18N2O4S. The first kappa shape index (κ1) is 15.0. The number of rotatable bonds is 4. The highest BCUT2D eigenvalue weighted by Crippen LogP contribution is 2.17. The van der Waals surface area contributed by atoms with Crippen molar-refractivity contribution in [3.63, 3.8) is 0 Å². The van der Waals surface area contributed by atoms with Crippen molar-refractivity contribution >= 4 is 16.0 Å². The molecule has 110 valence electrons. The van der Waals surface area contributed by atoms with Crippen molar-refractivity contribution < 1.29 is 18.3 Å². The summed E-state index contributed by atoms with van der Waals surface area (Å²) in [5.74, 6) is -1.12. The molecule has 0 bridgehead atoms. The number of carbonyl (C=O) groups is 1. The molecule has 0 aliphatic carbocycles. The van der Waals surface area contributed by atoms with E-state index in [9.17, 15) is 13.2 Å². The summed E-state index contributed by atoms with van der Waals surface area (Å²) in [6.45, 7) is 3.20. The minimum Gasteiger partial charge on any atom is -0.478 e. The molecule has 0 atom stereocenters. The average Bonchev–Trinajstić information content (AvgIpc) is 2.39.